The third-order valence-corrected chi connectivity index (χ3v) is 5.69. The van der Waals surface area contributed by atoms with Gasteiger partial charge in [-0.05, 0) is 48.4 Å². The maximum absolute atomic E-state index is 11.9. The minimum atomic E-state index is -0.338. The van der Waals surface area contributed by atoms with Crippen LogP contribution in [-0.4, -0.2) is 35.2 Å². The zero-order valence-corrected chi connectivity index (χ0v) is 18.4. The number of nitrogens with one attached hydrogen (secondary N) is 1. The zero-order chi connectivity index (χ0) is 21.7. The maximum atomic E-state index is 11.9. The molecule has 0 saturated heterocycles. The Hall–Kier alpha value is -2.71. The van der Waals surface area contributed by atoms with Gasteiger partial charge in [0.2, 0.25) is 11.8 Å². The minimum Gasteiger partial charge on any atom is -0.490 e. The molecule has 2 aromatic carbocycles. The zero-order valence-electron chi connectivity index (χ0n) is 16.8. The molecule has 2 amide bonds. The number of rotatable bonds is 6. The van der Waals surface area contributed by atoms with E-state index in [1.54, 1.807) is 6.07 Å². The number of amidine groups is 1. The van der Waals surface area contributed by atoms with Gasteiger partial charge in [-0.25, -0.2) is 5.01 Å². The first-order valence-electron chi connectivity index (χ1n) is 9.28. The molecule has 2 aromatic rings. The molecule has 0 radical (unpaired) electrons. The van der Waals surface area contributed by atoms with E-state index in [9.17, 15) is 9.59 Å². The number of aryl methyl sites for hydroxylation is 1. The third-order valence-electron chi connectivity index (χ3n) is 4.16. The summed E-state index contributed by atoms with van der Waals surface area (Å²) in [6.45, 7) is 5.54. The molecular formula is C21H22ClN3O4S. The molecule has 1 unspecified atom stereocenters. The van der Waals surface area contributed by atoms with Crippen molar-refractivity contribution in [3.05, 3.63) is 58.6 Å². The van der Waals surface area contributed by atoms with Crippen molar-refractivity contribution < 1.29 is 19.1 Å². The first-order valence-corrected chi connectivity index (χ1v) is 10.5. The Balaban J connectivity index is 1.53. The number of carbonyl (C=O) groups excluding carboxylic acids is 2. The number of hydrazone groups is 1. The van der Waals surface area contributed by atoms with E-state index in [4.69, 9.17) is 21.1 Å². The van der Waals surface area contributed by atoms with E-state index in [1.807, 2.05) is 43.3 Å². The summed E-state index contributed by atoms with van der Waals surface area (Å²) in [4.78, 5) is 23.2. The Morgan fingerprint density at radius 2 is 1.73 bits per heavy atom. The van der Waals surface area contributed by atoms with Gasteiger partial charge >= 0.3 is 0 Å². The molecule has 1 N–H and O–H groups in total. The molecule has 7 nitrogen and oxygen atoms in total. The Kier molecular flexibility index (Phi) is 7.23. The van der Waals surface area contributed by atoms with Crippen molar-refractivity contribution in [1.29, 1.82) is 0 Å². The Bertz CT molecular complexity index is 965. The molecule has 158 valence electrons. The van der Waals surface area contributed by atoms with Crippen molar-refractivity contribution >= 4 is 40.3 Å². The quantitative estimate of drug-likeness (QED) is 0.674. The van der Waals surface area contributed by atoms with E-state index in [0.717, 1.165) is 16.9 Å². The van der Waals surface area contributed by atoms with Crippen molar-refractivity contribution in [2.24, 2.45) is 5.10 Å². The summed E-state index contributed by atoms with van der Waals surface area (Å²) in [5.74, 6) is 0.997. The van der Waals surface area contributed by atoms with Crippen LogP contribution in [0, 0.1) is 6.92 Å². The highest BCUT2D eigenvalue weighted by molar-refractivity contribution is 8.14. The van der Waals surface area contributed by atoms with Gasteiger partial charge in [0.25, 0.3) is 0 Å². The number of hydrogen-bond acceptors (Lipinski definition) is 6. The van der Waals surface area contributed by atoms with Crippen LogP contribution in [0.1, 0.15) is 30.3 Å². The summed E-state index contributed by atoms with van der Waals surface area (Å²) in [5, 5.41) is 8.93. The van der Waals surface area contributed by atoms with E-state index in [0.29, 0.717) is 29.2 Å². The number of benzene rings is 2. The van der Waals surface area contributed by atoms with Crippen LogP contribution in [0.2, 0.25) is 5.02 Å². The predicted octanol–water partition coefficient (Wildman–Crippen LogP) is 4.11. The highest BCUT2D eigenvalue weighted by Crippen LogP contribution is 2.39. The van der Waals surface area contributed by atoms with Crippen LogP contribution in [0.4, 0.5) is 0 Å². The summed E-state index contributed by atoms with van der Waals surface area (Å²) in [6, 6.07) is 12.9. The number of hydrogen-bond donors (Lipinski definition) is 1. The second-order valence-corrected chi connectivity index (χ2v) is 8.07. The average Bonchev–Trinajstić information content (AvgIpc) is 3.12. The van der Waals surface area contributed by atoms with E-state index >= 15 is 0 Å². The molecule has 1 atom stereocenters. The molecular weight excluding hydrogens is 426 g/mol. The van der Waals surface area contributed by atoms with Gasteiger partial charge in [-0.2, -0.15) is 0 Å². The van der Waals surface area contributed by atoms with Gasteiger partial charge in [-0.3, -0.25) is 9.59 Å². The molecule has 0 spiro atoms. The highest BCUT2D eigenvalue weighted by Gasteiger charge is 2.32. The Labute approximate surface area is 184 Å². The highest BCUT2D eigenvalue weighted by atomic mass is 35.5. The topological polar surface area (TPSA) is 80.2 Å². The lowest BCUT2D eigenvalue weighted by molar-refractivity contribution is -0.129. The van der Waals surface area contributed by atoms with E-state index < -0.39 is 0 Å². The Morgan fingerprint density at radius 1 is 1.10 bits per heavy atom. The average molecular weight is 448 g/mol. The van der Waals surface area contributed by atoms with Crippen LogP contribution in [0.3, 0.4) is 0 Å². The summed E-state index contributed by atoms with van der Waals surface area (Å²) >= 11 is 7.32. The third kappa shape index (κ3) is 5.67. The fraction of sp³-hybridized carbons (Fsp3) is 0.286. The second-order valence-electron chi connectivity index (χ2n) is 6.60. The second kappa shape index (κ2) is 9.86. The molecule has 3 rings (SSSR count). The van der Waals surface area contributed by atoms with Crippen LogP contribution in [-0.2, 0) is 9.59 Å². The lowest BCUT2D eigenvalue weighted by Gasteiger charge is -2.19. The summed E-state index contributed by atoms with van der Waals surface area (Å²) in [7, 11) is 0. The van der Waals surface area contributed by atoms with Crippen molar-refractivity contribution in [3.63, 3.8) is 0 Å². The van der Waals surface area contributed by atoms with E-state index in [-0.39, 0.29) is 17.2 Å². The van der Waals surface area contributed by atoms with Crippen LogP contribution < -0.4 is 14.8 Å². The molecule has 30 heavy (non-hydrogen) atoms. The van der Waals surface area contributed by atoms with Gasteiger partial charge in [0, 0.05) is 18.9 Å². The van der Waals surface area contributed by atoms with Crippen molar-refractivity contribution in [1.82, 2.24) is 10.3 Å². The molecule has 1 aliphatic heterocycles. The normalized spacial score (nSPS) is 15.5. The molecule has 0 fully saturated rings. The lowest BCUT2D eigenvalue weighted by Crippen LogP contribution is -2.25. The van der Waals surface area contributed by atoms with Gasteiger partial charge in [0.05, 0.1) is 0 Å². The van der Waals surface area contributed by atoms with E-state index in [2.05, 4.69) is 10.4 Å². The van der Waals surface area contributed by atoms with Gasteiger partial charge in [0.15, 0.2) is 5.17 Å². The number of amides is 2. The number of halogens is 1. The fourth-order valence-corrected chi connectivity index (χ4v) is 3.99. The summed E-state index contributed by atoms with van der Waals surface area (Å²) in [5.41, 5.74) is 1.83. The van der Waals surface area contributed by atoms with Crippen molar-refractivity contribution in [2.45, 2.75) is 26.1 Å². The SMILES string of the molecule is CC(=O)NC1=NN(C(C)=O)C(c2ccc(OCCOc3ccc(Cl)c(C)c3)cc2)S1. The van der Waals surface area contributed by atoms with Crippen molar-refractivity contribution in [3.8, 4) is 11.5 Å². The Morgan fingerprint density at radius 3 is 2.33 bits per heavy atom. The number of carbonyl (C=O) groups is 2. The van der Waals surface area contributed by atoms with Gasteiger partial charge < -0.3 is 14.8 Å². The minimum absolute atomic E-state index is 0.206. The molecule has 0 aliphatic carbocycles. The first kappa shape index (κ1) is 22.0. The molecule has 0 bridgehead atoms. The number of nitrogens with zero attached hydrogens (tertiary/aromatic N) is 2. The lowest BCUT2D eigenvalue weighted by atomic mass is 10.2. The maximum Gasteiger partial charge on any atom is 0.241 e. The van der Waals surface area contributed by atoms with Crippen LogP contribution >= 0.6 is 23.4 Å². The molecule has 9 heteroatoms. The largest absolute Gasteiger partial charge is 0.490 e. The predicted molar refractivity (Wildman–Crippen MR) is 118 cm³/mol. The van der Waals surface area contributed by atoms with Gasteiger partial charge in [0.1, 0.15) is 30.1 Å². The summed E-state index contributed by atoms with van der Waals surface area (Å²) < 4.78 is 11.4. The van der Waals surface area contributed by atoms with Gasteiger partial charge in [-0.1, -0.05) is 35.5 Å². The first-order chi connectivity index (χ1) is 14.3. The van der Waals surface area contributed by atoms with Crippen LogP contribution in [0.15, 0.2) is 47.6 Å². The van der Waals surface area contributed by atoms with E-state index in [1.165, 1.54) is 30.6 Å². The molecule has 0 saturated carbocycles. The van der Waals surface area contributed by atoms with Crippen molar-refractivity contribution in [2.75, 3.05) is 13.2 Å². The van der Waals surface area contributed by atoms with Crippen LogP contribution in [0.5, 0.6) is 11.5 Å². The fourth-order valence-electron chi connectivity index (χ4n) is 2.73. The molecule has 1 aliphatic rings. The smallest absolute Gasteiger partial charge is 0.241 e. The monoisotopic (exact) mass is 447 g/mol. The molecule has 0 aromatic heterocycles. The number of thioether (sulfide) groups is 1. The van der Waals surface area contributed by atoms with Gasteiger partial charge in [-0.15, -0.1) is 5.10 Å². The standard InChI is InChI=1S/C21H22ClN3O4S/c1-13-12-18(8-9-19(13)22)29-11-10-28-17-6-4-16(5-7-17)20-25(15(3)27)24-21(30-20)23-14(2)26/h4-9,12,20H,10-11H2,1-3H3,(H,23,24,26). The number of ether oxygens (including phenoxy) is 2. The summed E-state index contributed by atoms with van der Waals surface area (Å²) in [6.07, 6.45) is 0. The van der Waals surface area contributed by atoms with Crippen LogP contribution in [0.25, 0.3) is 0 Å². The molecule has 1 heterocycles.